The van der Waals surface area contributed by atoms with Crippen molar-refractivity contribution in [2.45, 2.75) is 0 Å². The van der Waals surface area contributed by atoms with Crippen LogP contribution < -0.4 is 11.5 Å². The van der Waals surface area contributed by atoms with Crippen LogP contribution in [-0.2, 0) is 0 Å². The predicted molar refractivity (Wildman–Crippen MR) is 49.9 cm³/mol. The first-order chi connectivity index (χ1) is 5.52. The molecule has 0 fully saturated rings. The van der Waals surface area contributed by atoms with E-state index in [1.54, 1.807) is 0 Å². The van der Waals surface area contributed by atoms with E-state index < -0.39 is 5.97 Å². The Kier molecular flexibility index (Phi) is 2.23. The fourth-order valence-corrected chi connectivity index (χ4v) is 1.15. The van der Waals surface area contributed by atoms with Gasteiger partial charge in [0, 0.05) is 15.8 Å². The van der Waals surface area contributed by atoms with Gasteiger partial charge in [0.25, 0.3) is 0 Å². The maximum atomic E-state index is 10.5. The Morgan fingerprint density at radius 2 is 1.92 bits per heavy atom. The van der Waals surface area contributed by atoms with E-state index in [4.69, 9.17) is 16.6 Å². The third-order valence-corrected chi connectivity index (χ3v) is 2.09. The molecule has 5 N–H and O–H groups in total. The normalized spacial score (nSPS) is 9.75. The maximum absolute atomic E-state index is 10.5. The lowest BCUT2D eigenvalue weighted by atomic mass is 10.1. The first kappa shape index (κ1) is 8.86. The van der Waals surface area contributed by atoms with Gasteiger partial charge in [-0.3, -0.25) is 0 Å². The maximum Gasteiger partial charge on any atom is 0.337 e. The number of carboxylic acid groups (broad SMARTS) is 1. The summed E-state index contributed by atoms with van der Waals surface area (Å²) in [4.78, 5) is 10.5. The van der Waals surface area contributed by atoms with Crippen LogP contribution in [0.15, 0.2) is 16.6 Å². The summed E-state index contributed by atoms with van der Waals surface area (Å²) >= 11 is 3.13. The molecule has 0 spiro atoms. The van der Waals surface area contributed by atoms with Crippen LogP contribution in [0.25, 0.3) is 0 Å². The molecule has 0 saturated carbocycles. The van der Waals surface area contributed by atoms with E-state index in [-0.39, 0.29) is 11.3 Å². The number of halogens is 1. The van der Waals surface area contributed by atoms with E-state index in [0.29, 0.717) is 10.2 Å². The number of anilines is 2. The minimum atomic E-state index is -1.08. The molecule has 5 heteroatoms. The monoisotopic (exact) mass is 230 g/mol. The standard InChI is InChI=1S/C7H7BrN2O2/c8-4-2-5(9)3(7(11)12)1-6(4)10/h1-2H,9-10H2,(H,11,12). The van der Waals surface area contributed by atoms with Crippen LogP contribution in [0.3, 0.4) is 0 Å². The van der Waals surface area contributed by atoms with Gasteiger partial charge in [0.15, 0.2) is 0 Å². The van der Waals surface area contributed by atoms with Gasteiger partial charge in [-0.25, -0.2) is 4.79 Å². The Morgan fingerprint density at radius 3 is 2.42 bits per heavy atom. The summed E-state index contributed by atoms with van der Waals surface area (Å²) in [5, 5.41) is 8.63. The van der Waals surface area contributed by atoms with Crippen LogP contribution in [0.1, 0.15) is 10.4 Å². The van der Waals surface area contributed by atoms with Crippen LogP contribution >= 0.6 is 15.9 Å². The number of benzene rings is 1. The molecule has 0 saturated heterocycles. The molecule has 0 atom stereocenters. The zero-order valence-electron chi connectivity index (χ0n) is 6.04. The molecule has 0 unspecified atom stereocenters. The molecule has 0 amide bonds. The number of nitrogen functional groups attached to an aromatic ring is 2. The Labute approximate surface area is 77.3 Å². The van der Waals surface area contributed by atoms with Crippen molar-refractivity contribution in [1.82, 2.24) is 0 Å². The molecule has 0 radical (unpaired) electrons. The molecule has 0 aliphatic heterocycles. The summed E-state index contributed by atoms with van der Waals surface area (Å²) in [6.45, 7) is 0. The average Bonchev–Trinajstić information content (AvgIpc) is 1.96. The third-order valence-electron chi connectivity index (χ3n) is 1.40. The van der Waals surface area contributed by atoms with Crippen molar-refractivity contribution >= 4 is 33.3 Å². The molecular formula is C7H7BrN2O2. The average molecular weight is 231 g/mol. The minimum Gasteiger partial charge on any atom is -0.478 e. The highest BCUT2D eigenvalue weighted by Crippen LogP contribution is 2.25. The van der Waals surface area contributed by atoms with Crippen LogP contribution in [0.4, 0.5) is 11.4 Å². The molecule has 0 heterocycles. The van der Waals surface area contributed by atoms with Crippen molar-refractivity contribution < 1.29 is 9.90 Å². The second kappa shape index (κ2) is 3.02. The van der Waals surface area contributed by atoms with Crippen molar-refractivity contribution in [2.24, 2.45) is 0 Å². The highest BCUT2D eigenvalue weighted by Gasteiger charge is 2.09. The topological polar surface area (TPSA) is 89.3 Å². The van der Waals surface area contributed by atoms with Crippen molar-refractivity contribution in [3.05, 3.63) is 22.2 Å². The van der Waals surface area contributed by atoms with Gasteiger partial charge in [-0.05, 0) is 28.1 Å². The van der Waals surface area contributed by atoms with Crippen LogP contribution in [-0.4, -0.2) is 11.1 Å². The van der Waals surface area contributed by atoms with Gasteiger partial charge < -0.3 is 16.6 Å². The number of nitrogens with two attached hydrogens (primary N) is 2. The molecule has 1 aromatic carbocycles. The molecule has 0 bridgehead atoms. The molecule has 0 aliphatic carbocycles. The van der Waals surface area contributed by atoms with Gasteiger partial charge >= 0.3 is 5.97 Å². The number of carbonyl (C=O) groups is 1. The van der Waals surface area contributed by atoms with Crippen LogP contribution in [0.2, 0.25) is 0 Å². The lowest BCUT2D eigenvalue weighted by Gasteiger charge is -2.03. The molecular weight excluding hydrogens is 224 g/mol. The van der Waals surface area contributed by atoms with Gasteiger partial charge in [-0.1, -0.05) is 0 Å². The van der Waals surface area contributed by atoms with Gasteiger partial charge in [-0.15, -0.1) is 0 Å². The van der Waals surface area contributed by atoms with E-state index in [1.807, 2.05) is 0 Å². The third kappa shape index (κ3) is 1.50. The Morgan fingerprint density at radius 1 is 1.33 bits per heavy atom. The Balaban J connectivity index is 3.33. The summed E-state index contributed by atoms with van der Waals surface area (Å²) in [5.41, 5.74) is 11.5. The molecule has 0 aliphatic rings. The second-order valence-corrected chi connectivity index (χ2v) is 3.12. The summed E-state index contributed by atoms with van der Waals surface area (Å²) in [6, 6.07) is 2.79. The van der Waals surface area contributed by atoms with Gasteiger partial charge in [0.05, 0.1) is 5.56 Å². The van der Waals surface area contributed by atoms with E-state index in [0.717, 1.165) is 0 Å². The summed E-state index contributed by atoms with van der Waals surface area (Å²) in [5.74, 6) is -1.08. The van der Waals surface area contributed by atoms with E-state index in [9.17, 15) is 4.79 Å². The zero-order valence-corrected chi connectivity index (χ0v) is 7.63. The molecule has 64 valence electrons. The molecule has 12 heavy (non-hydrogen) atoms. The van der Waals surface area contributed by atoms with Gasteiger partial charge in [0.1, 0.15) is 0 Å². The van der Waals surface area contributed by atoms with Gasteiger partial charge in [-0.2, -0.15) is 0 Å². The van der Waals surface area contributed by atoms with Crippen LogP contribution in [0, 0.1) is 0 Å². The van der Waals surface area contributed by atoms with Crippen LogP contribution in [0.5, 0.6) is 0 Å². The highest BCUT2D eigenvalue weighted by atomic mass is 79.9. The summed E-state index contributed by atoms with van der Waals surface area (Å²) in [6.07, 6.45) is 0. The lowest BCUT2D eigenvalue weighted by Crippen LogP contribution is -2.03. The molecule has 1 rings (SSSR count). The molecule has 0 aromatic heterocycles. The smallest absolute Gasteiger partial charge is 0.337 e. The lowest BCUT2D eigenvalue weighted by molar-refractivity contribution is 0.0698. The van der Waals surface area contributed by atoms with E-state index in [2.05, 4.69) is 15.9 Å². The fourth-order valence-electron chi connectivity index (χ4n) is 0.791. The Bertz CT molecular complexity index is 338. The second-order valence-electron chi connectivity index (χ2n) is 2.27. The first-order valence-corrected chi connectivity index (χ1v) is 3.89. The molecule has 4 nitrogen and oxygen atoms in total. The van der Waals surface area contributed by atoms with Crippen molar-refractivity contribution in [2.75, 3.05) is 11.5 Å². The number of rotatable bonds is 1. The van der Waals surface area contributed by atoms with E-state index >= 15 is 0 Å². The minimum absolute atomic E-state index is 0.0238. The van der Waals surface area contributed by atoms with Gasteiger partial charge in [0.2, 0.25) is 0 Å². The predicted octanol–water partition coefficient (Wildman–Crippen LogP) is 1.31. The first-order valence-electron chi connectivity index (χ1n) is 3.10. The summed E-state index contributed by atoms with van der Waals surface area (Å²) in [7, 11) is 0. The Hall–Kier alpha value is -1.23. The fraction of sp³-hybridized carbons (Fsp3) is 0. The number of aromatic carboxylic acids is 1. The van der Waals surface area contributed by atoms with Crippen molar-refractivity contribution in [3.63, 3.8) is 0 Å². The van der Waals surface area contributed by atoms with Crippen molar-refractivity contribution in [1.29, 1.82) is 0 Å². The van der Waals surface area contributed by atoms with Crippen molar-refractivity contribution in [3.8, 4) is 0 Å². The number of carboxylic acids is 1. The number of hydrogen-bond donors (Lipinski definition) is 3. The number of hydrogen-bond acceptors (Lipinski definition) is 3. The SMILES string of the molecule is Nc1cc(C(=O)O)c(N)cc1Br. The zero-order chi connectivity index (χ0) is 9.30. The molecule has 1 aromatic rings. The quantitative estimate of drug-likeness (QED) is 0.635. The van der Waals surface area contributed by atoms with E-state index in [1.165, 1.54) is 12.1 Å². The summed E-state index contributed by atoms with van der Waals surface area (Å²) < 4.78 is 0.602. The highest BCUT2D eigenvalue weighted by molar-refractivity contribution is 9.10. The largest absolute Gasteiger partial charge is 0.478 e.